The highest BCUT2D eigenvalue weighted by atomic mass is 19.1. The molecule has 1 aromatic carbocycles. The van der Waals surface area contributed by atoms with Crippen molar-refractivity contribution in [2.45, 2.75) is 39.0 Å². The molecule has 150 valence electrons. The van der Waals surface area contributed by atoms with Gasteiger partial charge in [-0.15, -0.1) is 0 Å². The van der Waals surface area contributed by atoms with E-state index in [0.717, 1.165) is 62.3 Å². The molecule has 0 bridgehead atoms. The number of amides is 1. The highest BCUT2D eigenvalue weighted by Crippen LogP contribution is 2.27. The molecule has 0 aliphatic carbocycles. The lowest BCUT2D eigenvalue weighted by atomic mass is 9.92. The normalized spacial score (nSPS) is 15.5. The van der Waals surface area contributed by atoms with Crippen molar-refractivity contribution in [1.29, 1.82) is 0 Å². The Balaban J connectivity index is 1.50. The maximum absolute atomic E-state index is 13.0. The third-order valence-corrected chi connectivity index (χ3v) is 5.65. The van der Waals surface area contributed by atoms with Gasteiger partial charge in [-0.25, -0.2) is 4.39 Å². The molecule has 2 heterocycles. The van der Waals surface area contributed by atoms with Crippen LogP contribution in [0.5, 0.6) is 0 Å². The predicted octanol–water partition coefficient (Wildman–Crippen LogP) is 3.86. The quantitative estimate of drug-likeness (QED) is 0.728. The largest absolute Gasteiger partial charge is 0.342 e. The molecular formula is C23H30FN3O. The van der Waals surface area contributed by atoms with Crippen LogP contribution in [0.4, 0.5) is 4.39 Å². The zero-order valence-corrected chi connectivity index (χ0v) is 16.9. The van der Waals surface area contributed by atoms with E-state index >= 15 is 0 Å². The van der Waals surface area contributed by atoms with Gasteiger partial charge in [0.05, 0.1) is 6.54 Å². The number of hydrogen-bond donors (Lipinski definition) is 0. The summed E-state index contributed by atoms with van der Waals surface area (Å²) >= 11 is 0. The molecular weight excluding hydrogens is 353 g/mol. The smallest absolute Gasteiger partial charge is 0.236 e. The van der Waals surface area contributed by atoms with Gasteiger partial charge in [0.25, 0.3) is 0 Å². The zero-order chi connectivity index (χ0) is 19.9. The Labute approximate surface area is 167 Å². The van der Waals surface area contributed by atoms with E-state index in [1.807, 2.05) is 37.1 Å². The molecule has 0 N–H and O–H groups in total. The topological polar surface area (TPSA) is 36.4 Å². The van der Waals surface area contributed by atoms with E-state index in [9.17, 15) is 9.18 Å². The summed E-state index contributed by atoms with van der Waals surface area (Å²) in [5.74, 6) is 0.480. The van der Waals surface area contributed by atoms with Crippen LogP contribution in [-0.4, -0.2) is 53.4 Å². The molecule has 0 saturated carbocycles. The second-order valence-electron chi connectivity index (χ2n) is 7.51. The molecule has 3 rings (SSSR count). The van der Waals surface area contributed by atoms with Gasteiger partial charge in [-0.1, -0.05) is 18.2 Å². The van der Waals surface area contributed by atoms with Crippen molar-refractivity contribution in [3.05, 3.63) is 65.2 Å². The number of aromatic nitrogens is 1. The van der Waals surface area contributed by atoms with Crippen LogP contribution in [-0.2, 0) is 11.2 Å². The van der Waals surface area contributed by atoms with Crippen LogP contribution in [0, 0.1) is 5.82 Å². The third-order valence-electron chi connectivity index (χ3n) is 5.65. The van der Waals surface area contributed by atoms with E-state index in [2.05, 4.69) is 22.0 Å². The average Bonchev–Trinajstić information content (AvgIpc) is 2.72. The molecule has 0 radical (unpaired) electrons. The van der Waals surface area contributed by atoms with Gasteiger partial charge >= 0.3 is 0 Å². The summed E-state index contributed by atoms with van der Waals surface area (Å²) in [6, 6.07) is 10.9. The van der Waals surface area contributed by atoms with Crippen LogP contribution in [0.2, 0.25) is 0 Å². The number of pyridine rings is 1. The maximum atomic E-state index is 13.0. The number of likely N-dealkylation sites (tertiary alicyclic amines) is 1. The number of carbonyl (C=O) groups is 1. The highest BCUT2D eigenvalue weighted by molar-refractivity contribution is 5.78. The standard InChI is InChI=1S/C23H30FN3O/c1-3-27(4-2)23(28)17-26-13-11-20(12-14-26)22-10-7-19(16-25-22)15-18-5-8-21(24)9-6-18/h5-10,16,20H,3-4,11-15,17H2,1-2H3. The first-order chi connectivity index (χ1) is 13.6. The van der Waals surface area contributed by atoms with E-state index in [1.165, 1.54) is 12.1 Å². The average molecular weight is 384 g/mol. The van der Waals surface area contributed by atoms with Gasteiger partial charge < -0.3 is 4.90 Å². The lowest BCUT2D eigenvalue weighted by Crippen LogP contribution is -2.43. The minimum absolute atomic E-state index is 0.206. The Hall–Kier alpha value is -2.27. The fraction of sp³-hybridized carbons (Fsp3) is 0.478. The number of piperidine rings is 1. The van der Waals surface area contributed by atoms with Gasteiger partial charge in [-0.05, 0) is 75.5 Å². The molecule has 1 aromatic heterocycles. The summed E-state index contributed by atoms with van der Waals surface area (Å²) in [5.41, 5.74) is 3.36. The number of rotatable bonds is 7. The summed E-state index contributed by atoms with van der Waals surface area (Å²) in [4.78, 5) is 21.1. The first-order valence-electron chi connectivity index (χ1n) is 10.3. The Morgan fingerprint density at radius 2 is 1.71 bits per heavy atom. The fourth-order valence-corrected chi connectivity index (χ4v) is 3.87. The summed E-state index contributed by atoms with van der Waals surface area (Å²) < 4.78 is 13.0. The molecule has 5 heteroatoms. The first-order valence-corrected chi connectivity index (χ1v) is 10.3. The van der Waals surface area contributed by atoms with Crippen LogP contribution in [0.25, 0.3) is 0 Å². The minimum atomic E-state index is -0.206. The van der Waals surface area contributed by atoms with Crippen LogP contribution < -0.4 is 0 Å². The van der Waals surface area contributed by atoms with E-state index in [4.69, 9.17) is 0 Å². The number of nitrogens with zero attached hydrogens (tertiary/aromatic N) is 3. The number of benzene rings is 1. The van der Waals surface area contributed by atoms with E-state index in [0.29, 0.717) is 12.5 Å². The molecule has 1 saturated heterocycles. The second kappa shape index (κ2) is 9.78. The Morgan fingerprint density at radius 3 is 2.29 bits per heavy atom. The molecule has 1 fully saturated rings. The number of likely N-dealkylation sites (N-methyl/N-ethyl adjacent to an activating group) is 1. The summed E-state index contributed by atoms with van der Waals surface area (Å²) in [7, 11) is 0. The molecule has 0 unspecified atom stereocenters. The first kappa shape index (κ1) is 20.5. The molecule has 1 aliphatic rings. The lowest BCUT2D eigenvalue weighted by molar-refractivity contribution is -0.132. The van der Waals surface area contributed by atoms with Gasteiger partial charge in [0.2, 0.25) is 5.91 Å². The van der Waals surface area contributed by atoms with Crippen molar-refractivity contribution in [3.63, 3.8) is 0 Å². The lowest BCUT2D eigenvalue weighted by Gasteiger charge is -2.32. The molecule has 2 aromatic rings. The predicted molar refractivity (Wildman–Crippen MR) is 110 cm³/mol. The zero-order valence-electron chi connectivity index (χ0n) is 16.9. The fourth-order valence-electron chi connectivity index (χ4n) is 3.87. The van der Waals surface area contributed by atoms with Crippen LogP contribution in [0.1, 0.15) is 49.4 Å². The SMILES string of the molecule is CCN(CC)C(=O)CN1CCC(c2ccc(Cc3ccc(F)cc3)cn2)CC1. The molecule has 0 atom stereocenters. The van der Waals surface area contributed by atoms with Crippen LogP contribution >= 0.6 is 0 Å². The number of hydrogen-bond acceptors (Lipinski definition) is 3. The van der Waals surface area contributed by atoms with E-state index in [1.54, 1.807) is 0 Å². The highest BCUT2D eigenvalue weighted by Gasteiger charge is 2.23. The van der Waals surface area contributed by atoms with Crippen LogP contribution in [0.3, 0.4) is 0 Å². The van der Waals surface area contributed by atoms with Crippen LogP contribution in [0.15, 0.2) is 42.6 Å². The Morgan fingerprint density at radius 1 is 1.07 bits per heavy atom. The van der Waals surface area contributed by atoms with Crippen molar-refractivity contribution in [1.82, 2.24) is 14.8 Å². The molecule has 1 aliphatic heterocycles. The number of carbonyl (C=O) groups excluding carboxylic acids is 1. The Kier molecular flexibility index (Phi) is 7.15. The van der Waals surface area contributed by atoms with Crippen molar-refractivity contribution in [2.24, 2.45) is 0 Å². The molecule has 1 amide bonds. The van der Waals surface area contributed by atoms with Gasteiger partial charge in [-0.3, -0.25) is 14.7 Å². The van der Waals surface area contributed by atoms with Gasteiger partial charge in [0.15, 0.2) is 0 Å². The van der Waals surface area contributed by atoms with Crippen molar-refractivity contribution in [3.8, 4) is 0 Å². The van der Waals surface area contributed by atoms with Crippen molar-refractivity contribution < 1.29 is 9.18 Å². The van der Waals surface area contributed by atoms with Gasteiger partial charge in [0, 0.05) is 30.9 Å². The molecule has 0 spiro atoms. The summed E-state index contributed by atoms with van der Waals surface area (Å²) in [6.45, 7) is 8.02. The maximum Gasteiger partial charge on any atom is 0.236 e. The molecule has 28 heavy (non-hydrogen) atoms. The van der Waals surface area contributed by atoms with E-state index in [-0.39, 0.29) is 11.7 Å². The van der Waals surface area contributed by atoms with Crippen molar-refractivity contribution in [2.75, 3.05) is 32.7 Å². The molecule has 4 nitrogen and oxygen atoms in total. The minimum Gasteiger partial charge on any atom is -0.342 e. The summed E-state index contributed by atoms with van der Waals surface area (Å²) in [6.07, 6.45) is 4.78. The number of halogens is 1. The summed E-state index contributed by atoms with van der Waals surface area (Å²) in [5, 5.41) is 0. The Bertz CT molecular complexity index is 748. The van der Waals surface area contributed by atoms with E-state index < -0.39 is 0 Å². The second-order valence-corrected chi connectivity index (χ2v) is 7.51. The van der Waals surface area contributed by atoms with Gasteiger partial charge in [-0.2, -0.15) is 0 Å². The van der Waals surface area contributed by atoms with Gasteiger partial charge in [0.1, 0.15) is 5.82 Å². The third kappa shape index (κ3) is 5.38. The van der Waals surface area contributed by atoms with Crippen molar-refractivity contribution >= 4 is 5.91 Å². The monoisotopic (exact) mass is 383 g/mol.